The van der Waals surface area contributed by atoms with Gasteiger partial charge in [-0.05, 0) is 42.8 Å². The summed E-state index contributed by atoms with van der Waals surface area (Å²) in [4.78, 5) is 4.75. The Morgan fingerprint density at radius 3 is 2.77 bits per heavy atom. The second-order valence-corrected chi connectivity index (χ2v) is 5.52. The van der Waals surface area contributed by atoms with Crippen molar-refractivity contribution in [3.63, 3.8) is 0 Å². The molecule has 0 radical (unpaired) electrons. The number of unbranched alkanes of at least 4 members (excludes halogenated alkanes) is 3. The Bertz CT molecular complexity index is 738. The van der Waals surface area contributed by atoms with Gasteiger partial charge in [0.2, 0.25) is 0 Å². The molecule has 0 spiro atoms. The van der Waals surface area contributed by atoms with E-state index in [0.29, 0.717) is 0 Å². The third kappa shape index (κ3) is 3.30. The van der Waals surface area contributed by atoms with Gasteiger partial charge in [-0.15, -0.1) is 0 Å². The van der Waals surface area contributed by atoms with Crippen LogP contribution in [0.3, 0.4) is 0 Å². The van der Waals surface area contributed by atoms with Crippen LogP contribution in [-0.2, 0) is 6.54 Å². The van der Waals surface area contributed by atoms with E-state index in [0.717, 1.165) is 23.6 Å². The van der Waals surface area contributed by atoms with Crippen LogP contribution in [0.4, 0.5) is 0 Å². The molecule has 3 rings (SSSR count). The number of nitrogens with zero attached hydrogens (tertiary/aromatic N) is 2. The molecule has 0 amide bonds. The molecular weight excluding hydrogens is 272 g/mol. The third-order valence-corrected chi connectivity index (χ3v) is 3.86. The van der Waals surface area contributed by atoms with Crippen LogP contribution in [0.25, 0.3) is 23.2 Å². The highest BCUT2D eigenvalue weighted by Crippen LogP contribution is 2.19. The highest BCUT2D eigenvalue weighted by molar-refractivity contribution is 5.79. The minimum Gasteiger partial charge on any atom is -0.465 e. The molecule has 3 nitrogen and oxygen atoms in total. The van der Waals surface area contributed by atoms with Crippen LogP contribution in [0.15, 0.2) is 47.1 Å². The predicted octanol–water partition coefficient (Wildman–Crippen LogP) is 5.38. The zero-order valence-corrected chi connectivity index (χ0v) is 13.0. The summed E-state index contributed by atoms with van der Waals surface area (Å²) in [5, 5.41) is 0. The van der Waals surface area contributed by atoms with E-state index in [9.17, 15) is 0 Å². The van der Waals surface area contributed by atoms with Crippen molar-refractivity contribution in [1.29, 1.82) is 0 Å². The first-order valence-electron chi connectivity index (χ1n) is 8.05. The van der Waals surface area contributed by atoms with E-state index in [-0.39, 0.29) is 0 Å². The van der Waals surface area contributed by atoms with Crippen LogP contribution in [-0.4, -0.2) is 9.55 Å². The Hall–Kier alpha value is -2.29. The van der Waals surface area contributed by atoms with Crippen molar-refractivity contribution in [3.8, 4) is 0 Å². The molecule has 114 valence electrons. The number of aryl methyl sites for hydroxylation is 1. The van der Waals surface area contributed by atoms with Gasteiger partial charge in [-0.3, -0.25) is 0 Å². The first-order chi connectivity index (χ1) is 10.9. The van der Waals surface area contributed by atoms with Crippen molar-refractivity contribution in [2.45, 2.75) is 39.2 Å². The standard InChI is InChI=1S/C19H22N2O/c1-2-3-4-7-14-21-18-11-6-5-10-17(18)20-19(21)13-12-16-9-8-15-22-16/h5-6,8-13,15H,2-4,7,14H2,1H3/b13-12+. The molecular formula is C19H22N2O. The zero-order valence-electron chi connectivity index (χ0n) is 13.0. The van der Waals surface area contributed by atoms with Crippen molar-refractivity contribution in [2.75, 3.05) is 0 Å². The maximum Gasteiger partial charge on any atom is 0.133 e. The second-order valence-electron chi connectivity index (χ2n) is 5.52. The highest BCUT2D eigenvalue weighted by Gasteiger charge is 2.07. The van der Waals surface area contributed by atoms with Crippen LogP contribution in [0.1, 0.15) is 44.2 Å². The monoisotopic (exact) mass is 294 g/mol. The second kappa shape index (κ2) is 7.12. The Kier molecular flexibility index (Phi) is 4.74. The molecule has 3 heteroatoms. The number of hydrogen-bond acceptors (Lipinski definition) is 2. The van der Waals surface area contributed by atoms with Crippen LogP contribution in [0.5, 0.6) is 0 Å². The van der Waals surface area contributed by atoms with Crippen LogP contribution >= 0.6 is 0 Å². The number of furan rings is 1. The molecule has 3 aromatic rings. The smallest absolute Gasteiger partial charge is 0.133 e. The molecule has 0 aliphatic carbocycles. The number of imidazole rings is 1. The molecule has 0 saturated carbocycles. The van der Waals surface area contributed by atoms with Gasteiger partial charge in [-0.25, -0.2) is 4.98 Å². The number of fused-ring (bicyclic) bond motifs is 1. The summed E-state index contributed by atoms with van der Waals surface area (Å²) in [6.45, 7) is 3.25. The van der Waals surface area contributed by atoms with E-state index in [1.165, 1.54) is 31.2 Å². The van der Waals surface area contributed by atoms with Gasteiger partial charge in [-0.1, -0.05) is 38.3 Å². The van der Waals surface area contributed by atoms with Gasteiger partial charge >= 0.3 is 0 Å². The number of hydrogen-bond donors (Lipinski definition) is 0. The first kappa shape index (κ1) is 14.6. The molecule has 1 aromatic carbocycles. The Morgan fingerprint density at radius 1 is 1.05 bits per heavy atom. The molecule has 2 heterocycles. The molecule has 0 aliphatic heterocycles. The third-order valence-electron chi connectivity index (χ3n) is 3.86. The molecule has 0 N–H and O–H groups in total. The van der Waals surface area contributed by atoms with Gasteiger partial charge in [-0.2, -0.15) is 0 Å². The predicted molar refractivity (Wildman–Crippen MR) is 91.5 cm³/mol. The van der Waals surface area contributed by atoms with Gasteiger partial charge in [0.15, 0.2) is 0 Å². The van der Waals surface area contributed by atoms with E-state index in [1.54, 1.807) is 6.26 Å². The Labute approximate surface area is 131 Å². The van der Waals surface area contributed by atoms with Gasteiger partial charge in [0, 0.05) is 6.54 Å². The number of aromatic nitrogens is 2. The summed E-state index contributed by atoms with van der Waals surface area (Å²) in [5.74, 6) is 1.85. The highest BCUT2D eigenvalue weighted by atomic mass is 16.3. The average Bonchev–Trinajstić information content (AvgIpc) is 3.17. The first-order valence-corrected chi connectivity index (χ1v) is 8.05. The van der Waals surface area contributed by atoms with Crippen molar-refractivity contribution in [1.82, 2.24) is 9.55 Å². The SMILES string of the molecule is CCCCCCn1c(/C=C/c2ccco2)nc2ccccc21. The normalized spacial score (nSPS) is 11.7. The summed E-state index contributed by atoms with van der Waals surface area (Å²) in [5.41, 5.74) is 2.26. The van der Waals surface area contributed by atoms with Gasteiger partial charge in [0.1, 0.15) is 11.6 Å². The van der Waals surface area contributed by atoms with E-state index < -0.39 is 0 Å². The fraction of sp³-hybridized carbons (Fsp3) is 0.316. The summed E-state index contributed by atoms with van der Waals surface area (Å²) in [6.07, 6.45) is 10.7. The lowest BCUT2D eigenvalue weighted by Gasteiger charge is -2.06. The number of para-hydroxylation sites is 2. The zero-order chi connectivity index (χ0) is 15.2. The topological polar surface area (TPSA) is 31.0 Å². The molecule has 0 fully saturated rings. The van der Waals surface area contributed by atoms with Crippen LogP contribution in [0.2, 0.25) is 0 Å². The fourth-order valence-electron chi connectivity index (χ4n) is 2.70. The Morgan fingerprint density at radius 2 is 1.95 bits per heavy atom. The molecule has 0 atom stereocenters. The van der Waals surface area contributed by atoms with Crippen molar-refractivity contribution in [3.05, 3.63) is 54.2 Å². The van der Waals surface area contributed by atoms with E-state index in [4.69, 9.17) is 9.40 Å². The maximum absolute atomic E-state index is 5.36. The molecule has 2 aromatic heterocycles. The van der Waals surface area contributed by atoms with Crippen molar-refractivity contribution < 1.29 is 4.42 Å². The summed E-state index contributed by atoms with van der Waals surface area (Å²) < 4.78 is 7.67. The van der Waals surface area contributed by atoms with E-state index >= 15 is 0 Å². The van der Waals surface area contributed by atoms with Crippen molar-refractivity contribution in [2.24, 2.45) is 0 Å². The molecule has 0 unspecified atom stereocenters. The van der Waals surface area contributed by atoms with Gasteiger partial charge in [0.05, 0.1) is 17.3 Å². The molecule has 22 heavy (non-hydrogen) atoms. The van der Waals surface area contributed by atoms with E-state index in [1.807, 2.05) is 30.4 Å². The molecule has 0 saturated heterocycles. The lowest BCUT2D eigenvalue weighted by atomic mass is 10.2. The lowest BCUT2D eigenvalue weighted by molar-refractivity contribution is 0.557. The summed E-state index contributed by atoms with van der Waals surface area (Å²) >= 11 is 0. The lowest BCUT2D eigenvalue weighted by Crippen LogP contribution is -2.00. The quantitative estimate of drug-likeness (QED) is 0.548. The van der Waals surface area contributed by atoms with Crippen molar-refractivity contribution >= 4 is 23.2 Å². The minimum absolute atomic E-state index is 0.851. The van der Waals surface area contributed by atoms with Crippen LogP contribution in [0, 0.1) is 0 Å². The Balaban J connectivity index is 1.87. The number of rotatable bonds is 7. The fourth-order valence-corrected chi connectivity index (χ4v) is 2.70. The maximum atomic E-state index is 5.36. The number of benzene rings is 1. The molecule has 0 aliphatic rings. The summed E-state index contributed by atoms with van der Waals surface area (Å²) in [7, 11) is 0. The average molecular weight is 294 g/mol. The minimum atomic E-state index is 0.851. The van der Waals surface area contributed by atoms with Gasteiger partial charge in [0.25, 0.3) is 0 Å². The van der Waals surface area contributed by atoms with E-state index in [2.05, 4.69) is 29.7 Å². The van der Waals surface area contributed by atoms with Crippen LogP contribution < -0.4 is 0 Å². The van der Waals surface area contributed by atoms with Gasteiger partial charge < -0.3 is 8.98 Å². The molecule has 0 bridgehead atoms. The largest absolute Gasteiger partial charge is 0.465 e. The summed E-state index contributed by atoms with van der Waals surface area (Å²) in [6, 6.07) is 12.2.